The lowest BCUT2D eigenvalue weighted by Gasteiger charge is -2.36. The van der Waals surface area contributed by atoms with E-state index in [1.807, 2.05) is 63.2 Å². The highest BCUT2D eigenvalue weighted by molar-refractivity contribution is 6.08. The number of carbonyl (C=O) groups is 2. The molecule has 0 N–H and O–H groups in total. The van der Waals surface area contributed by atoms with Crippen molar-refractivity contribution < 1.29 is 19.1 Å². The molecular weight excluding hydrogens is 330 g/mol. The molecule has 1 heterocycles. The second-order valence-electron chi connectivity index (χ2n) is 7.56. The summed E-state index contributed by atoms with van der Waals surface area (Å²) in [6, 6.07) is 13.2. The van der Waals surface area contributed by atoms with E-state index in [0.29, 0.717) is 25.3 Å². The van der Waals surface area contributed by atoms with Crippen LogP contribution in [-0.2, 0) is 9.47 Å². The molecule has 2 aromatic carbocycles. The number of ketones is 1. The topological polar surface area (TPSA) is 55.8 Å². The number of hydrogen-bond acceptors (Lipinski definition) is 4. The smallest absolute Gasteiger partial charge is 0.410 e. The number of benzene rings is 2. The van der Waals surface area contributed by atoms with Gasteiger partial charge in [0.05, 0.1) is 19.3 Å². The van der Waals surface area contributed by atoms with Gasteiger partial charge in [-0.25, -0.2) is 4.79 Å². The standard InChI is InChI=1S/C21H25NO4/c1-21(2,3)26-20(24)22-11-12-25-14-16(22)13-19(23)18-10-6-8-15-7-4-5-9-17(15)18/h4-10,16H,11-14H2,1-3H3. The van der Waals surface area contributed by atoms with E-state index in [0.717, 1.165) is 10.8 Å². The molecule has 0 spiro atoms. The summed E-state index contributed by atoms with van der Waals surface area (Å²) in [6.45, 7) is 6.74. The first-order valence-corrected chi connectivity index (χ1v) is 8.93. The lowest BCUT2D eigenvalue weighted by molar-refractivity contribution is -0.0322. The van der Waals surface area contributed by atoms with E-state index in [-0.39, 0.29) is 18.2 Å². The van der Waals surface area contributed by atoms with Gasteiger partial charge in [0.2, 0.25) is 0 Å². The third-order valence-corrected chi connectivity index (χ3v) is 4.37. The molecule has 0 aromatic heterocycles. The highest BCUT2D eigenvalue weighted by Gasteiger charge is 2.32. The van der Waals surface area contributed by atoms with Crippen LogP contribution in [0.15, 0.2) is 42.5 Å². The molecule has 138 valence electrons. The Morgan fingerprint density at radius 3 is 2.65 bits per heavy atom. The highest BCUT2D eigenvalue weighted by atomic mass is 16.6. The van der Waals surface area contributed by atoms with Crippen molar-refractivity contribution >= 4 is 22.6 Å². The molecule has 1 aliphatic rings. The van der Waals surface area contributed by atoms with Gasteiger partial charge in [-0.2, -0.15) is 0 Å². The lowest BCUT2D eigenvalue weighted by atomic mass is 9.97. The molecule has 1 unspecified atom stereocenters. The minimum absolute atomic E-state index is 0.00542. The molecule has 2 aromatic rings. The van der Waals surface area contributed by atoms with Crippen molar-refractivity contribution in [2.24, 2.45) is 0 Å². The van der Waals surface area contributed by atoms with Crippen LogP contribution in [0.2, 0.25) is 0 Å². The minimum Gasteiger partial charge on any atom is -0.444 e. The van der Waals surface area contributed by atoms with E-state index in [1.165, 1.54) is 0 Å². The molecule has 5 heteroatoms. The molecule has 0 saturated carbocycles. The summed E-state index contributed by atoms with van der Waals surface area (Å²) < 4.78 is 11.0. The Morgan fingerprint density at radius 1 is 1.15 bits per heavy atom. The van der Waals surface area contributed by atoms with E-state index in [1.54, 1.807) is 4.90 Å². The highest BCUT2D eigenvalue weighted by Crippen LogP contribution is 2.23. The second kappa shape index (κ2) is 7.46. The number of ether oxygens (including phenoxy) is 2. The number of Topliss-reactive ketones (excluding diaryl/α,β-unsaturated/α-hetero) is 1. The largest absolute Gasteiger partial charge is 0.444 e. The summed E-state index contributed by atoms with van der Waals surface area (Å²) >= 11 is 0. The van der Waals surface area contributed by atoms with Gasteiger partial charge in [-0.1, -0.05) is 42.5 Å². The van der Waals surface area contributed by atoms with Gasteiger partial charge in [0.1, 0.15) is 5.60 Å². The fourth-order valence-electron chi connectivity index (χ4n) is 3.18. The van der Waals surface area contributed by atoms with Crippen LogP contribution in [0.1, 0.15) is 37.6 Å². The van der Waals surface area contributed by atoms with Gasteiger partial charge in [0, 0.05) is 18.5 Å². The van der Waals surface area contributed by atoms with E-state index in [2.05, 4.69) is 0 Å². The van der Waals surface area contributed by atoms with Crippen LogP contribution in [0.25, 0.3) is 10.8 Å². The summed E-state index contributed by atoms with van der Waals surface area (Å²) in [7, 11) is 0. The third kappa shape index (κ3) is 4.22. The summed E-state index contributed by atoms with van der Waals surface area (Å²) in [5.41, 5.74) is 0.109. The number of morpholine rings is 1. The first kappa shape index (κ1) is 18.4. The minimum atomic E-state index is -0.570. The molecule has 5 nitrogen and oxygen atoms in total. The predicted octanol–water partition coefficient (Wildman–Crippen LogP) is 4.05. The zero-order chi connectivity index (χ0) is 18.7. The summed E-state index contributed by atoms with van der Waals surface area (Å²) in [4.78, 5) is 27.1. The van der Waals surface area contributed by atoms with Crippen molar-refractivity contribution in [3.63, 3.8) is 0 Å². The molecule has 1 atom stereocenters. The van der Waals surface area contributed by atoms with E-state index in [4.69, 9.17) is 9.47 Å². The van der Waals surface area contributed by atoms with Crippen LogP contribution in [0, 0.1) is 0 Å². The average Bonchev–Trinajstić information content (AvgIpc) is 2.60. The van der Waals surface area contributed by atoms with Crippen molar-refractivity contribution in [3.8, 4) is 0 Å². The van der Waals surface area contributed by atoms with Crippen LogP contribution in [0.5, 0.6) is 0 Å². The van der Waals surface area contributed by atoms with Crippen LogP contribution in [0.3, 0.4) is 0 Å². The van der Waals surface area contributed by atoms with Gasteiger partial charge >= 0.3 is 6.09 Å². The number of rotatable bonds is 3. The second-order valence-corrected chi connectivity index (χ2v) is 7.56. The molecule has 1 saturated heterocycles. The van der Waals surface area contributed by atoms with Gasteiger partial charge in [-0.15, -0.1) is 0 Å². The Morgan fingerprint density at radius 2 is 1.88 bits per heavy atom. The van der Waals surface area contributed by atoms with Crippen LogP contribution in [0.4, 0.5) is 4.79 Å². The van der Waals surface area contributed by atoms with Crippen molar-refractivity contribution in [1.29, 1.82) is 0 Å². The van der Waals surface area contributed by atoms with Crippen molar-refractivity contribution in [2.45, 2.75) is 38.8 Å². The molecule has 1 fully saturated rings. The Labute approximate surface area is 153 Å². The molecule has 0 aliphatic carbocycles. The Kier molecular flexibility index (Phi) is 5.28. The molecular formula is C21H25NO4. The first-order valence-electron chi connectivity index (χ1n) is 8.93. The molecule has 1 amide bonds. The summed E-state index contributed by atoms with van der Waals surface area (Å²) in [5, 5.41) is 1.96. The maximum atomic E-state index is 12.9. The molecule has 26 heavy (non-hydrogen) atoms. The number of carbonyl (C=O) groups excluding carboxylic acids is 2. The van der Waals surface area contributed by atoms with Crippen molar-refractivity contribution in [2.75, 3.05) is 19.8 Å². The third-order valence-electron chi connectivity index (χ3n) is 4.37. The van der Waals surface area contributed by atoms with Crippen LogP contribution in [-0.4, -0.2) is 48.2 Å². The van der Waals surface area contributed by atoms with Crippen molar-refractivity contribution in [1.82, 2.24) is 4.90 Å². The fourth-order valence-corrected chi connectivity index (χ4v) is 3.18. The van der Waals surface area contributed by atoms with Crippen LogP contribution < -0.4 is 0 Å². The maximum absolute atomic E-state index is 12.9. The Bertz CT molecular complexity index is 804. The van der Waals surface area contributed by atoms with E-state index in [9.17, 15) is 9.59 Å². The molecule has 3 rings (SSSR count). The molecule has 1 aliphatic heterocycles. The molecule has 0 bridgehead atoms. The zero-order valence-corrected chi connectivity index (χ0v) is 15.5. The van der Waals surface area contributed by atoms with Gasteiger partial charge in [0.25, 0.3) is 0 Å². The molecule has 0 radical (unpaired) electrons. The normalized spacial score (nSPS) is 18.0. The SMILES string of the molecule is CC(C)(C)OC(=O)N1CCOCC1CC(=O)c1cccc2ccccc12. The summed E-state index contributed by atoms with van der Waals surface area (Å²) in [6.07, 6.45) is -0.177. The van der Waals surface area contributed by atoms with Crippen LogP contribution >= 0.6 is 0 Å². The Hall–Kier alpha value is -2.40. The van der Waals surface area contributed by atoms with Gasteiger partial charge in [-0.3, -0.25) is 4.79 Å². The van der Waals surface area contributed by atoms with Gasteiger partial charge < -0.3 is 14.4 Å². The number of amides is 1. The number of hydrogen-bond donors (Lipinski definition) is 0. The van der Waals surface area contributed by atoms with Crippen molar-refractivity contribution in [3.05, 3.63) is 48.0 Å². The lowest BCUT2D eigenvalue weighted by Crippen LogP contribution is -2.51. The maximum Gasteiger partial charge on any atom is 0.410 e. The van der Waals surface area contributed by atoms with E-state index < -0.39 is 11.7 Å². The quantitative estimate of drug-likeness (QED) is 0.780. The number of fused-ring (bicyclic) bond motifs is 1. The van der Waals surface area contributed by atoms with Gasteiger partial charge in [0.15, 0.2) is 5.78 Å². The van der Waals surface area contributed by atoms with Gasteiger partial charge in [-0.05, 0) is 31.5 Å². The fraction of sp³-hybridized carbons (Fsp3) is 0.429. The predicted molar refractivity (Wildman–Crippen MR) is 100 cm³/mol. The monoisotopic (exact) mass is 355 g/mol. The summed E-state index contributed by atoms with van der Waals surface area (Å²) in [5.74, 6) is 0.00542. The first-order chi connectivity index (χ1) is 12.3. The number of nitrogens with zero attached hydrogens (tertiary/aromatic N) is 1. The zero-order valence-electron chi connectivity index (χ0n) is 15.5. The van der Waals surface area contributed by atoms with E-state index >= 15 is 0 Å². The average molecular weight is 355 g/mol. The Balaban J connectivity index is 1.79.